The predicted octanol–water partition coefficient (Wildman–Crippen LogP) is 5.91. The quantitative estimate of drug-likeness (QED) is 0.340. The smallest absolute Gasteiger partial charge is 0.292 e. The van der Waals surface area contributed by atoms with Gasteiger partial charge in [-0.25, -0.2) is 4.39 Å². The second-order valence-corrected chi connectivity index (χ2v) is 7.80. The number of hydrogen-bond donors (Lipinski definition) is 1. The van der Waals surface area contributed by atoms with Gasteiger partial charge in [-0.1, -0.05) is 29.8 Å². The molecular weight excluding hydrogens is 489 g/mol. The Morgan fingerprint density at radius 3 is 2.81 bits per heavy atom. The second kappa shape index (κ2) is 9.36. The van der Waals surface area contributed by atoms with Crippen LogP contribution in [-0.4, -0.2) is 15.7 Å². The van der Waals surface area contributed by atoms with E-state index in [1.807, 2.05) is 24.3 Å². The monoisotopic (exact) mass is 503 g/mol. The first-order chi connectivity index (χ1) is 15.0. The largest absolute Gasteiger partial charge is 0.484 e. The highest BCUT2D eigenvalue weighted by atomic mass is 79.9. The van der Waals surface area contributed by atoms with E-state index >= 15 is 0 Å². The van der Waals surface area contributed by atoms with Crippen LogP contribution in [0.15, 0.2) is 75.8 Å². The molecule has 0 fully saturated rings. The third-order valence-electron chi connectivity index (χ3n) is 4.36. The summed E-state index contributed by atoms with van der Waals surface area (Å²) in [7, 11) is 0. The van der Waals surface area contributed by atoms with E-state index in [-0.39, 0.29) is 18.9 Å². The van der Waals surface area contributed by atoms with Crippen LogP contribution in [0.5, 0.6) is 5.75 Å². The van der Waals surface area contributed by atoms with E-state index < -0.39 is 11.7 Å². The van der Waals surface area contributed by atoms with Gasteiger partial charge in [0.1, 0.15) is 23.9 Å². The van der Waals surface area contributed by atoms with Gasteiger partial charge in [-0.3, -0.25) is 9.48 Å². The lowest BCUT2D eigenvalue weighted by atomic mass is 10.2. The van der Waals surface area contributed by atoms with Gasteiger partial charge in [0.05, 0.1) is 11.0 Å². The number of carbonyl (C=O) groups excluding carboxylic acids is 1. The van der Waals surface area contributed by atoms with E-state index in [4.69, 9.17) is 20.8 Å². The Labute approximate surface area is 190 Å². The standard InChI is InChI=1S/C22H16BrClFN3O3/c23-16-4-1-2-7-19(16)30-13-14-8-9-20(31-14)22(29)26-21-10-11-28(27-21)12-15-17(24)5-3-6-18(15)25/h1-11H,12-13H2,(H,26,27,29). The molecule has 1 N–H and O–H groups in total. The minimum atomic E-state index is -0.457. The number of nitrogens with zero attached hydrogens (tertiary/aromatic N) is 2. The number of amides is 1. The Morgan fingerprint density at radius 2 is 2.00 bits per heavy atom. The first-order valence-corrected chi connectivity index (χ1v) is 10.4. The van der Waals surface area contributed by atoms with Gasteiger partial charge >= 0.3 is 0 Å². The third kappa shape index (κ3) is 5.15. The minimum absolute atomic E-state index is 0.123. The summed E-state index contributed by atoms with van der Waals surface area (Å²) in [5.74, 6) is 0.728. The highest BCUT2D eigenvalue weighted by Gasteiger charge is 2.14. The summed E-state index contributed by atoms with van der Waals surface area (Å²) in [6, 6.07) is 16.8. The molecule has 0 saturated carbocycles. The van der Waals surface area contributed by atoms with Crippen molar-refractivity contribution in [3.8, 4) is 5.75 Å². The molecule has 0 atom stereocenters. The number of ether oxygens (including phenoxy) is 1. The van der Waals surface area contributed by atoms with Gasteiger partial charge in [0, 0.05) is 22.8 Å². The average Bonchev–Trinajstić information content (AvgIpc) is 3.40. The molecule has 4 rings (SSSR count). The molecule has 0 bridgehead atoms. The first kappa shape index (κ1) is 21.1. The molecule has 2 aromatic carbocycles. The van der Waals surface area contributed by atoms with Crippen LogP contribution < -0.4 is 10.1 Å². The molecule has 0 aliphatic heterocycles. The first-order valence-electron chi connectivity index (χ1n) is 9.23. The maximum atomic E-state index is 13.9. The number of carbonyl (C=O) groups is 1. The number of halogens is 3. The zero-order valence-corrected chi connectivity index (χ0v) is 18.4. The van der Waals surface area contributed by atoms with Crippen LogP contribution in [0.25, 0.3) is 0 Å². The van der Waals surface area contributed by atoms with Gasteiger partial charge in [-0.05, 0) is 52.3 Å². The Balaban J connectivity index is 1.36. The van der Waals surface area contributed by atoms with Crippen molar-refractivity contribution in [2.75, 3.05) is 5.32 Å². The lowest BCUT2D eigenvalue weighted by Gasteiger charge is -2.06. The molecule has 158 valence electrons. The lowest BCUT2D eigenvalue weighted by Crippen LogP contribution is -2.12. The van der Waals surface area contributed by atoms with Crippen molar-refractivity contribution >= 4 is 39.3 Å². The highest BCUT2D eigenvalue weighted by molar-refractivity contribution is 9.10. The number of para-hydroxylation sites is 1. The molecule has 0 aliphatic rings. The minimum Gasteiger partial charge on any atom is -0.484 e. The van der Waals surface area contributed by atoms with Gasteiger partial charge in [0.15, 0.2) is 11.6 Å². The summed E-state index contributed by atoms with van der Waals surface area (Å²) in [6.07, 6.45) is 1.62. The fourth-order valence-corrected chi connectivity index (χ4v) is 3.45. The zero-order chi connectivity index (χ0) is 21.8. The molecule has 6 nitrogen and oxygen atoms in total. The highest BCUT2D eigenvalue weighted by Crippen LogP contribution is 2.25. The fraction of sp³-hybridized carbons (Fsp3) is 0.0909. The molecule has 9 heteroatoms. The number of furan rings is 1. The van der Waals surface area contributed by atoms with Crippen LogP contribution in [0.4, 0.5) is 10.2 Å². The van der Waals surface area contributed by atoms with Gasteiger partial charge in [0.25, 0.3) is 5.91 Å². The van der Waals surface area contributed by atoms with E-state index in [0.29, 0.717) is 27.9 Å². The Kier molecular flexibility index (Phi) is 6.39. The maximum absolute atomic E-state index is 13.9. The topological polar surface area (TPSA) is 69.3 Å². The normalized spacial score (nSPS) is 10.8. The summed E-state index contributed by atoms with van der Waals surface area (Å²) in [4.78, 5) is 12.4. The number of benzene rings is 2. The Bertz CT molecular complexity index is 1200. The van der Waals surface area contributed by atoms with Gasteiger partial charge in [0.2, 0.25) is 0 Å². The molecule has 0 spiro atoms. The van der Waals surface area contributed by atoms with Crippen LogP contribution in [0.2, 0.25) is 5.02 Å². The molecule has 2 heterocycles. The zero-order valence-electron chi connectivity index (χ0n) is 16.0. The second-order valence-electron chi connectivity index (χ2n) is 6.54. The van der Waals surface area contributed by atoms with Crippen LogP contribution in [0, 0.1) is 5.82 Å². The van der Waals surface area contributed by atoms with Gasteiger partial charge in [-0.15, -0.1) is 0 Å². The van der Waals surface area contributed by atoms with E-state index in [9.17, 15) is 9.18 Å². The third-order valence-corrected chi connectivity index (χ3v) is 5.37. The summed E-state index contributed by atoms with van der Waals surface area (Å²) in [5, 5.41) is 7.20. The molecule has 4 aromatic rings. The number of hydrogen-bond acceptors (Lipinski definition) is 4. The van der Waals surface area contributed by atoms with Crippen molar-refractivity contribution in [3.63, 3.8) is 0 Å². The SMILES string of the molecule is O=C(Nc1ccn(Cc2c(F)cccc2Cl)n1)c1ccc(COc2ccccc2Br)o1. The van der Waals surface area contributed by atoms with Crippen molar-refractivity contribution in [2.45, 2.75) is 13.2 Å². The van der Waals surface area contributed by atoms with E-state index in [0.717, 1.165) is 4.47 Å². The number of anilines is 1. The van der Waals surface area contributed by atoms with Crippen LogP contribution in [0.3, 0.4) is 0 Å². The lowest BCUT2D eigenvalue weighted by molar-refractivity contribution is 0.0992. The molecule has 0 radical (unpaired) electrons. The van der Waals surface area contributed by atoms with Gasteiger partial charge < -0.3 is 14.5 Å². The predicted molar refractivity (Wildman–Crippen MR) is 118 cm³/mol. The molecular formula is C22H16BrClFN3O3. The summed E-state index contributed by atoms with van der Waals surface area (Å²) in [6.45, 7) is 0.312. The maximum Gasteiger partial charge on any atom is 0.292 e. The van der Waals surface area contributed by atoms with E-state index in [1.54, 1.807) is 30.5 Å². The summed E-state index contributed by atoms with van der Waals surface area (Å²) in [5.41, 5.74) is 0.325. The Morgan fingerprint density at radius 1 is 1.16 bits per heavy atom. The molecule has 1 amide bonds. The number of nitrogens with one attached hydrogen (secondary N) is 1. The molecule has 31 heavy (non-hydrogen) atoms. The molecule has 2 aromatic heterocycles. The van der Waals surface area contributed by atoms with Crippen molar-refractivity contribution in [1.82, 2.24) is 9.78 Å². The van der Waals surface area contributed by atoms with Crippen molar-refractivity contribution in [1.29, 1.82) is 0 Å². The van der Waals surface area contributed by atoms with E-state index in [1.165, 1.54) is 16.8 Å². The van der Waals surface area contributed by atoms with Crippen molar-refractivity contribution in [3.05, 3.63) is 99.3 Å². The average molecular weight is 505 g/mol. The fourth-order valence-electron chi connectivity index (χ4n) is 2.83. The van der Waals surface area contributed by atoms with E-state index in [2.05, 4.69) is 26.3 Å². The molecule has 0 unspecified atom stereocenters. The summed E-state index contributed by atoms with van der Waals surface area (Å²) < 4.78 is 27.5. The Hall–Kier alpha value is -3.10. The van der Waals surface area contributed by atoms with Crippen molar-refractivity contribution in [2.24, 2.45) is 0 Å². The number of rotatable bonds is 7. The van der Waals surface area contributed by atoms with Gasteiger partial charge in [-0.2, -0.15) is 5.10 Å². The summed E-state index contributed by atoms with van der Waals surface area (Å²) >= 11 is 9.46. The van der Waals surface area contributed by atoms with Crippen LogP contribution >= 0.6 is 27.5 Å². The number of aromatic nitrogens is 2. The van der Waals surface area contributed by atoms with Crippen LogP contribution in [0.1, 0.15) is 21.9 Å². The van der Waals surface area contributed by atoms with Crippen molar-refractivity contribution < 1.29 is 18.3 Å². The molecule has 0 aliphatic carbocycles. The van der Waals surface area contributed by atoms with Crippen LogP contribution in [-0.2, 0) is 13.2 Å². The molecule has 0 saturated heterocycles.